The monoisotopic (exact) mass is 480 g/mol. The third-order valence-corrected chi connectivity index (χ3v) is 6.92. The highest BCUT2D eigenvalue weighted by molar-refractivity contribution is 6.30. The molecule has 0 aliphatic heterocycles. The summed E-state index contributed by atoms with van der Waals surface area (Å²) in [5, 5.41) is 2.99. The summed E-state index contributed by atoms with van der Waals surface area (Å²) in [6.07, 6.45) is -2.60. The van der Waals surface area contributed by atoms with Crippen LogP contribution in [0.25, 0.3) is 0 Å². The fourth-order valence-electron chi connectivity index (χ4n) is 4.85. The van der Waals surface area contributed by atoms with E-state index in [4.69, 9.17) is 21.1 Å². The molecule has 1 N–H and O–H groups in total. The number of nitrogens with zero attached hydrogens (tertiary/aromatic N) is 1. The van der Waals surface area contributed by atoms with E-state index in [1.54, 1.807) is 0 Å². The minimum atomic E-state index is -4.59. The van der Waals surface area contributed by atoms with E-state index in [0.717, 1.165) is 25.3 Å². The van der Waals surface area contributed by atoms with Gasteiger partial charge in [0.15, 0.2) is 6.61 Å². The molecule has 1 aromatic carbocycles. The third-order valence-electron chi connectivity index (χ3n) is 6.61. The maximum Gasteiger partial charge on any atom is 0.522 e. The van der Waals surface area contributed by atoms with Gasteiger partial charge in [0.05, 0.1) is 23.8 Å². The lowest BCUT2D eigenvalue weighted by Gasteiger charge is -2.73. The summed E-state index contributed by atoms with van der Waals surface area (Å²) in [6, 6.07) is 4.00. The first-order chi connectivity index (χ1) is 15.0. The van der Waals surface area contributed by atoms with E-state index in [1.165, 1.54) is 12.1 Å². The van der Waals surface area contributed by atoms with Crippen LogP contribution in [0.3, 0.4) is 0 Å². The fourth-order valence-corrected chi connectivity index (χ4v) is 4.97. The van der Waals surface area contributed by atoms with Gasteiger partial charge in [-0.25, -0.2) is 4.39 Å². The highest BCUT2D eigenvalue weighted by Crippen LogP contribution is 2.63. The average molecular weight is 481 g/mol. The molecule has 0 saturated heterocycles. The van der Waals surface area contributed by atoms with Crippen LogP contribution < -0.4 is 10.1 Å². The van der Waals surface area contributed by atoms with Gasteiger partial charge in [0.2, 0.25) is 0 Å². The van der Waals surface area contributed by atoms with Crippen LogP contribution in [-0.2, 0) is 14.3 Å². The summed E-state index contributed by atoms with van der Waals surface area (Å²) in [5.74, 6) is -0.636. The number of likely N-dealkylation sites (N-methyl/N-ethyl adjacent to an activating group) is 1. The summed E-state index contributed by atoms with van der Waals surface area (Å²) >= 11 is 5.62. The van der Waals surface area contributed by atoms with E-state index in [0.29, 0.717) is 13.2 Å². The number of hydrogen-bond donors (Lipinski definition) is 1. The molecule has 4 fully saturated rings. The zero-order valence-corrected chi connectivity index (χ0v) is 18.3. The molecule has 4 aliphatic carbocycles. The van der Waals surface area contributed by atoms with Crippen LogP contribution in [0, 0.1) is 5.82 Å². The van der Waals surface area contributed by atoms with Crippen LogP contribution in [0.1, 0.15) is 32.1 Å². The molecule has 1 amide bonds. The quantitative estimate of drug-likeness (QED) is 0.518. The molecular weight excluding hydrogens is 456 g/mol. The maximum atomic E-state index is 13.4. The van der Waals surface area contributed by atoms with Gasteiger partial charge in [0.25, 0.3) is 5.91 Å². The minimum absolute atomic E-state index is 0.0113. The number of carbonyl (C=O) groups excluding carboxylic acids is 1. The lowest BCUT2D eigenvalue weighted by atomic mass is 9.43. The van der Waals surface area contributed by atoms with Crippen LogP contribution in [0.15, 0.2) is 18.2 Å². The minimum Gasteiger partial charge on any atom is -0.484 e. The highest BCUT2D eigenvalue weighted by atomic mass is 35.5. The Morgan fingerprint density at radius 2 is 1.94 bits per heavy atom. The SMILES string of the molecule is CN(CCO[C@H]1C[C@@H](OC(F)(F)F)C1)C12CC(NC(=O)COc3ccc(Cl)c(F)c3)(C1)C2. The molecule has 0 aromatic heterocycles. The Bertz CT molecular complexity index is 843. The zero-order chi connectivity index (χ0) is 23.1. The first kappa shape index (κ1) is 23.5. The van der Waals surface area contributed by atoms with Gasteiger partial charge in [-0.05, 0) is 38.4 Å². The van der Waals surface area contributed by atoms with Crippen molar-refractivity contribution < 1.29 is 36.6 Å². The molecule has 32 heavy (non-hydrogen) atoms. The number of ether oxygens (including phenoxy) is 3. The number of rotatable bonds is 10. The van der Waals surface area contributed by atoms with Crippen LogP contribution in [-0.4, -0.2) is 67.3 Å². The molecule has 2 bridgehead atoms. The molecule has 0 radical (unpaired) electrons. The molecule has 0 unspecified atom stereocenters. The summed E-state index contributed by atoms with van der Waals surface area (Å²) < 4.78 is 64.7. The second-order valence-corrected chi connectivity index (χ2v) is 9.43. The number of nitrogens with one attached hydrogen (secondary N) is 1. The Labute approximate surface area is 188 Å². The molecular formula is C21H25ClF4N2O4. The number of carbonyl (C=O) groups is 1. The Kier molecular flexibility index (Phi) is 6.34. The molecule has 178 valence electrons. The van der Waals surface area contributed by atoms with Crippen molar-refractivity contribution in [2.75, 3.05) is 26.8 Å². The number of amides is 1. The molecule has 0 spiro atoms. The van der Waals surface area contributed by atoms with E-state index >= 15 is 0 Å². The van der Waals surface area contributed by atoms with Crippen molar-refractivity contribution in [3.05, 3.63) is 29.0 Å². The smallest absolute Gasteiger partial charge is 0.484 e. The summed E-state index contributed by atoms with van der Waals surface area (Å²) in [7, 11) is 1.99. The normalized spacial score (nSPS) is 30.8. The number of benzene rings is 1. The van der Waals surface area contributed by atoms with Crippen LogP contribution in [0.2, 0.25) is 5.02 Å². The first-order valence-electron chi connectivity index (χ1n) is 10.4. The fraction of sp³-hybridized carbons (Fsp3) is 0.667. The topological polar surface area (TPSA) is 60.0 Å². The standard InChI is InChI=1S/C21H25ClF4N2O4/c1-28(4-5-30-14-6-15(7-14)32-21(24,25)26)20-10-19(11-20,12-20)27-18(29)9-31-13-2-3-16(22)17(23)8-13/h2-3,8,14-15H,4-7,9-12H2,1H3,(H,27,29)/t14-,15+,19?,20?. The van der Waals surface area contributed by atoms with Crippen molar-refractivity contribution >= 4 is 17.5 Å². The van der Waals surface area contributed by atoms with Crippen LogP contribution in [0.4, 0.5) is 17.6 Å². The number of halogens is 5. The predicted octanol–water partition coefficient (Wildman–Crippen LogP) is 3.67. The van der Waals surface area contributed by atoms with E-state index in [-0.39, 0.29) is 53.3 Å². The lowest BCUT2D eigenvalue weighted by molar-refractivity contribution is -0.357. The molecule has 11 heteroatoms. The second kappa shape index (κ2) is 8.62. The van der Waals surface area contributed by atoms with Gasteiger partial charge in [-0.2, -0.15) is 0 Å². The van der Waals surface area contributed by atoms with Gasteiger partial charge in [0.1, 0.15) is 11.6 Å². The van der Waals surface area contributed by atoms with Crippen molar-refractivity contribution in [2.24, 2.45) is 0 Å². The largest absolute Gasteiger partial charge is 0.522 e. The van der Waals surface area contributed by atoms with Crippen LogP contribution in [0.5, 0.6) is 5.75 Å². The molecule has 4 saturated carbocycles. The molecule has 5 rings (SSSR count). The third kappa shape index (κ3) is 5.13. The van der Waals surface area contributed by atoms with Gasteiger partial charge in [-0.3, -0.25) is 14.4 Å². The van der Waals surface area contributed by atoms with Crippen molar-refractivity contribution in [3.8, 4) is 5.75 Å². The van der Waals surface area contributed by atoms with Crippen LogP contribution >= 0.6 is 11.6 Å². The van der Waals surface area contributed by atoms with Gasteiger partial charge in [-0.1, -0.05) is 11.6 Å². The second-order valence-electron chi connectivity index (χ2n) is 9.02. The van der Waals surface area contributed by atoms with Gasteiger partial charge < -0.3 is 14.8 Å². The Morgan fingerprint density at radius 3 is 2.56 bits per heavy atom. The zero-order valence-electron chi connectivity index (χ0n) is 17.5. The molecule has 0 heterocycles. The van der Waals surface area contributed by atoms with Crippen molar-refractivity contribution in [3.63, 3.8) is 0 Å². The Balaban J connectivity index is 1.10. The average Bonchev–Trinajstić information content (AvgIpc) is 2.61. The summed E-state index contributed by atoms with van der Waals surface area (Å²) in [6.45, 7) is 0.892. The molecule has 0 atom stereocenters. The molecule has 1 aromatic rings. The number of alkyl halides is 3. The summed E-state index contributed by atoms with van der Waals surface area (Å²) in [4.78, 5) is 14.4. The van der Waals surface area contributed by atoms with E-state index < -0.39 is 18.3 Å². The summed E-state index contributed by atoms with van der Waals surface area (Å²) in [5.41, 5.74) is -0.199. The Morgan fingerprint density at radius 1 is 1.25 bits per heavy atom. The lowest BCUT2D eigenvalue weighted by Crippen LogP contribution is -2.83. The molecule has 6 nitrogen and oxygen atoms in total. The predicted molar refractivity (Wildman–Crippen MR) is 107 cm³/mol. The van der Waals surface area contributed by atoms with Gasteiger partial charge in [0, 0.05) is 36.5 Å². The molecule has 4 aliphatic rings. The highest BCUT2D eigenvalue weighted by Gasteiger charge is 2.70. The van der Waals surface area contributed by atoms with Crippen molar-refractivity contribution in [1.82, 2.24) is 10.2 Å². The Hall–Kier alpha value is -1.62. The van der Waals surface area contributed by atoms with Gasteiger partial charge >= 0.3 is 6.36 Å². The van der Waals surface area contributed by atoms with E-state index in [2.05, 4.69) is 15.0 Å². The van der Waals surface area contributed by atoms with Gasteiger partial charge in [-0.15, -0.1) is 13.2 Å². The van der Waals surface area contributed by atoms with E-state index in [9.17, 15) is 22.4 Å². The number of hydrogen-bond acceptors (Lipinski definition) is 5. The van der Waals surface area contributed by atoms with Crippen molar-refractivity contribution in [1.29, 1.82) is 0 Å². The van der Waals surface area contributed by atoms with Crippen molar-refractivity contribution in [2.45, 2.75) is 61.8 Å². The van der Waals surface area contributed by atoms with E-state index in [1.807, 2.05) is 7.05 Å². The maximum absolute atomic E-state index is 13.4. The first-order valence-corrected chi connectivity index (χ1v) is 10.8.